The van der Waals surface area contributed by atoms with Crippen LogP contribution in [0.3, 0.4) is 0 Å². The summed E-state index contributed by atoms with van der Waals surface area (Å²) in [6, 6.07) is 4.63. The van der Waals surface area contributed by atoms with Crippen LogP contribution in [0.15, 0.2) is 29.2 Å². The monoisotopic (exact) mass is 321 g/mol. The molecule has 112 valence electrons. The summed E-state index contributed by atoms with van der Waals surface area (Å²) in [4.78, 5) is 9.86. The second kappa shape index (κ2) is 6.31. The normalized spacial score (nSPS) is 12.2. The van der Waals surface area contributed by atoms with E-state index < -0.39 is 24.6 Å². The highest BCUT2D eigenvalue weighted by molar-refractivity contribution is 7.91. The van der Waals surface area contributed by atoms with E-state index in [4.69, 9.17) is 0 Å². The van der Waals surface area contributed by atoms with Crippen LogP contribution < -0.4 is 0 Å². The number of hydrogen-bond donors (Lipinski definition) is 0. The van der Waals surface area contributed by atoms with Crippen LogP contribution >= 0.6 is 0 Å². The van der Waals surface area contributed by atoms with Crippen molar-refractivity contribution in [1.29, 1.82) is 0 Å². The molecule has 1 aromatic rings. The molecule has 0 N–H and O–H groups in total. The predicted octanol–water partition coefficient (Wildman–Crippen LogP) is 1.19. The summed E-state index contributed by atoms with van der Waals surface area (Å²) in [7, 11) is -6.63. The molecule has 20 heavy (non-hydrogen) atoms. The molecule has 0 fully saturated rings. The lowest BCUT2D eigenvalue weighted by Gasteiger charge is -2.04. The van der Waals surface area contributed by atoms with Crippen LogP contribution in [0, 0.1) is 10.1 Å². The quantitative estimate of drug-likeness (QED) is 0.424. The molecule has 0 aliphatic rings. The van der Waals surface area contributed by atoms with Crippen molar-refractivity contribution in [1.82, 2.24) is 0 Å². The van der Waals surface area contributed by atoms with E-state index in [9.17, 15) is 26.9 Å². The van der Waals surface area contributed by atoms with E-state index in [1.54, 1.807) is 0 Å². The molecule has 9 heteroatoms. The van der Waals surface area contributed by atoms with Crippen molar-refractivity contribution in [2.24, 2.45) is 0 Å². The van der Waals surface area contributed by atoms with Crippen molar-refractivity contribution in [2.75, 3.05) is 17.8 Å². The molecule has 0 atom stereocenters. The Bertz CT molecular complexity index is 676. The first-order chi connectivity index (χ1) is 9.12. The van der Waals surface area contributed by atoms with Crippen LogP contribution in [0.5, 0.6) is 0 Å². The molecule has 1 rings (SSSR count). The number of unbranched alkanes of at least 4 members (excludes halogenated alkanes) is 1. The number of nitrogens with zero attached hydrogens (tertiary/aromatic N) is 1. The number of nitro groups is 1. The summed E-state index contributed by atoms with van der Waals surface area (Å²) in [6.45, 7) is 0. The number of non-ortho nitro benzene ring substituents is 1. The second-order valence-electron chi connectivity index (χ2n) is 4.41. The Kier molecular flexibility index (Phi) is 5.23. The Morgan fingerprint density at radius 3 is 1.95 bits per heavy atom. The molecule has 0 saturated heterocycles. The molecular weight excluding hydrogens is 306 g/mol. The summed E-state index contributed by atoms with van der Waals surface area (Å²) < 4.78 is 45.7. The molecule has 0 heterocycles. The molecule has 0 unspecified atom stereocenters. The first-order valence-corrected chi connectivity index (χ1v) is 9.48. The Balaban J connectivity index is 2.67. The van der Waals surface area contributed by atoms with Gasteiger partial charge >= 0.3 is 0 Å². The average molecular weight is 321 g/mol. The van der Waals surface area contributed by atoms with Gasteiger partial charge in [0.25, 0.3) is 5.69 Å². The summed E-state index contributed by atoms with van der Waals surface area (Å²) in [5, 5.41) is 10.5. The fourth-order valence-electron chi connectivity index (χ4n) is 1.55. The van der Waals surface area contributed by atoms with E-state index >= 15 is 0 Å². The largest absolute Gasteiger partial charge is 0.269 e. The molecule has 0 aliphatic heterocycles. The van der Waals surface area contributed by atoms with Crippen LogP contribution in [-0.4, -0.2) is 39.5 Å². The lowest BCUT2D eigenvalue weighted by Crippen LogP contribution is -2.09. The first kappa shape index (κ1) is 16.6. The van der Waals surface area contributed by atoms with E-state index in [0.29, 0.717) is 0 Å². The summed E-state index contributed by atoms with van der Waals surface area (Å²) in [6.07, 6.45) is 1.59. The zero-order valence-electron chi connectivity index (χ0n) is 10.9. The molecule has 0 amide bonds. The highest BCUT2D eigenvalue weighted by Crippen LogP contribution is 2.17. The highest BCUT2D eigenvalue weighted by Gasteiger charge is 2.16. The van der Waals surface area contributed by atoms with Gasteiger partial charge in [0.2, 0.25) is 0 Å². The number of benzene rings is 1. The molecule has 1 aromatic carbocycles. The standard InChI is InChI=1S/C11H15NO6S2/c1-19(15,16)8-2-3-9-20(17,18)11-6-4-10(5-7-11)12(13)14/h4-7H,2-3,8-9H2,1H3. The average Bonchev–Trinajstić information content (AvgIpc) is 2.34. The van der Waals surface area contributed by atoms with E-state index in [1.807, 2.05) is 0 Å². The van der Waals surface area contributed by atoms with Gasteiger partial charge in [-0.3, -0.25) is 10.1 Å². The SMILES string of the molecule is CS(=O)(=O)CCCCS(=O)(=O)c1ccc([N+](=O)[O-])cc1. The minimum absolute atomic E-state index is 0.00227. The van der Waals surface area contributed by atoms with Crippen molar-refractivity contribution in [3.05, 3.63) is 34.4 Å². The number of sulfone groups is 2. The minimum atomic E-state index is -3.54. The molecule has 0 radical (unpaired) electrons. The van der Waals surface area contributed by atoms with E-state index in [0.717, 1.165) is 18.4 Å². The number of nitro benzene ring substituents is 1. The predicted molar refractivity (Wildman–Crippen MR) is 74.1 cm³/mol. The van der Waals surface area contributed by atoms with Crippen LogP contribution in [-0.2, 0) is 19.7 Å². The lowest BCUT2D eigenvalue weighted by molar-refractivity contribution is -0.384. The van der Waals surface area contributed by atoms with Crippen molar-refractivity contribution >= 4 is 25.4 Å². The Morgan fingerprint density at radius 1 is 1.00 bits per heavy atom. The maximum absolute atomic E-state index is 11.9. The van der Waals surface area contributed by atoms with Crippen molar-refractivity contribution in [3.8, 4) is 0 Å². The fraction of sp³-hybridized carbons (Fsp3) is 0.455. The Hall–Kier alpha value is -1.48. The number of hydrogen-bond acceptors (Lipinski definition) is 6. The molecule has 0 aromatic heterocycles. The van der Waals surface area contributed by atoms with Gasteiger partial charge in [-0.05, 0) is 25.0 Å². The van der Waals surface area contributed by atoms with Gasteiger partial charge in [0, 0.05) is 24.1 Å². The Labute approximate surface area is 117 Å². The highest BCUT2D eigenvalue weighted by atomic mass is 32.2. The molecular formula is C11H15NO6S2. The second-order valence-corrected chi connectivity index (χ2v) is 8.78. The zero-order chi connectivity index (χ0) is 15.4. The third kappa shape index (κ3) is 5.25. The van der Waals surface area contributed by atoms with Gasteiger partial charge in [-0.15, -0.1) is 0 Å². The molecule has 7 nitrogen and oxygen atoms in total. The van der Waals surface area contributed by atoms with Crippen LogP contribution in [0.1, 0.15) is 12.8 Å². The van der Waals surface area contributed by atoms with Gasteiger partial charge in [0.15, 0.2) is 9.84 Å². The van der Waals surface area contributed by atoms with Gasteiger partial charge in [0.05, 0.1) is 15.6 Å². The van der Waals surface area contributed by atoms with Crippen molar-refractivity contribution in [3.63, 3.8) is 0 Å². The minimum Gasteiger partial charge on any atom is -0.258 e. The van der Waals surface area contributed by atoms with Crippen molar-refractivity contribution in [2.45, 2.75) is 17.7 Å². The van der Waals surface area contributed by atoms with Crippen LogP contribution in [0.25, 0.3) is 0 Å². The molecule has 0 aliphatic carbocycles. The molecule has 0 saturated carbocycles. The van der Waals surface area contributed by atoms with Crippen LogP contribution in [0.2, 0.25) is 0 Å². The number of rotatable bonds is 7. The van der Waals surface area contributed by atoms with E-state index in [2.05, 4.69) is 0 Å². The summed E-state index contributed by atoms with van der Waals surface area (Å²) in [5.41, 5.74) is -0.180. The molecule has 0 spiro atoms. The first-order valence-electron chi connectivity index (χ1n) is 5.77. The zero-order valence-corrected chi connectivity index (χ0v) is 12.5. The topological polar surface area (TPSA) is 111 Å². The Morgan fingerprint density at radius 2 is 1.50 bits per heavy atom. The maximum Gasteiger partial charge on any atom is 0.269 e. The third-order valence-corrected chi connectivity index (χ3v) is 5.43. The van der Waals surface area contributed by atoms with Gasteiger partial charge in [-0.1, -0.05) is 0 Å². The van der Waals surface area contributed by atoms with Gasteiger partial charge in [0.1, 0.15) is 9.84 Å². The lowest BCUT2D eigenvalue weighted by atomic mass is 10.3. The van der Waals surface area contributed by atoms with E-state index in [1.165, 1.54) is 12.1 Å². The summed E-state index contributed by atoms with van der Waals surface area (Å²) in [5.74, 6) is -0.233. The summed E-state index contributed by atoms with van der Waals surface area (Å²) >= 11 is 0. The third-order valence-electron chi connectivity index (χ3n) is 2.58. The van der Waals surface area contributed by atoms with Gasteiger partial charge < -0.3 is 0 Å². The van der Waals surface area contributed by atoms with E-state index in [-0.39, 0.29) is 34.9 Å². The van der Waals surface area contributed by atoms with Gasteiger partial charge in [-0.25, -0.2) is 16.8 Å². The smallest absolute Gasteiger partial charge is 0.258 e. The van der Waals surface area contributed by atoms with Crippen molar-refractivity contribution < 1.29 is 21.8 Å². The fourth-order valence-corrected chi connectivity index (χ4v) is 3.65. The molecule has 0 bridgehead atoms. The van der Waals surface area contributed by atoms with Crippen LogP contribution in [0.4, 0.5) is 5.69 Å². The maximum atomic E-state index is 11.9. The van der Waals surface area contributed by atoms with Gasteiger partial charge in [-0.2, -0.15) is 0 Å².